The van der Waals surface area contributed by atoms with E-state index in [-0.39, 0.29) is 6.04 Å². The molecule has 0 spiro atoms. The molecule has 7 heterocycles. The highest BCUT2D eigenvalue weighted by Crippen LogP contribution is 2.36. The van der Waals surface area contributed by atoms with E-state index < -0.39 is 0 Å². The van der Waals surface area contributed by atoms with E-state index >= 15 is 0 Å². The molecule has 1 atom stereocenters. The monoisotopic (exact) mass is 817 g/mol. The first-order valence-corrected chi connectivity index (χ1v) is 21.0. The third-order valence-electron chi connectivity index (χ3n) is 11.8. The number of aromatic nitrogens is 8. The lowest BCUT2D eigenvalue weighted by molar-refractivity contribution is 0.479. The Balaban J connectivity index is 0.000000153. The molecular weight excluding hydrogens is 771 g/mol. The molecule has 6 aromatic heterocycles. The number of hydrogen-bond acceptors (Lipinski definition) is 10. The number of hydrogen-bond donors (Lipinski definition) is 3. The fraction of sp³-hybridized carbons (Fsp3) is 0.200. The highest BCUT2D eigenvalue weighted by Gasteiger charge is 2.17. The molecule has 1 unspecified atom stereocenters. The molecule has 3 N–H and O–H groups in total. The fourth-order valence-electron chi connectivity index (χ4n) is 8.47. The van der Waals surface area contributed by atoms with Crippen LogP contribution in [0.1, 0.15) is 36.9 Å². The smallest absolute Gasteiger partial charge is 0.134 e. The maximum atomic E-state index is 5.64. The standard InChI is InChI=1S/C28H24N6O.C22H23N5/c1-17-16-35-27-5-4-19(9-24(17)27)25-10-23(11-26-28(25)31-7-6-30-26)33-18(2)20-8-21(13-29-12-20)22-14-32-34(3)15-22;1-27-11-6-15-2-3-16(12-21(15)27)19-13-18(26-17-4-7-23-8-5-17)14-20-22(19)25-10-9-24-20/h4-16,18,33H,1-3H3;2-3,6,9-14,17,23,26H,4-5,7-8H2,1H3. The first-order valence-electron chi connectivity index (χ1n) is 21.0. The predicted octanol–water partition coefficient (Wildman–Crippen LogP) is 10.3. The van der Waals surface area contributed by atoms with Crippen LogP contribution in [0.5, 0.6) is 0 Å². The van der Waals surface area contributed by atoms with Crippen LogP contribution in [0.3, 0.4) is 0 Å². The number of benzene rings is 4. The number of nitrogens with one attached hydrogen (secondary N) is 3. The molecule has 1 fully saturated rings. The summed E-state index contributed by atoms with van der Waals surface area (Å²) in [4.78, 5) is 22.9. The summed E-state index contributed by atoms with van der Waals surface area (Å²) in [7, 11) is 4.00. The molecular formula is C50H47N11O. The topological polar surface area (TPSA) is 136 Å². The van der Waals surface area contributed by atoms with Crippen molar-refractivity contribution >= 4 is 55.3 Å². The van der Waals surface area contributed by atoms with Gasteiger partial charge in [-0.15, -0.1) is 0 Å². The van der Waals surface area contributed by atoms with Crippen LogP contribution in [0.25, 0.3) is 77.3 Å². The van der Waals surface area contributed by atoms with Crippen molar-refractivity contribution in [2.24, 2.45) is 14.1 Å². The molecule has 0 radical (unpaired) electrons. The Labute approximate surface area is 359 Å². The molecule has 11 rings (SSSR count). The predicted molar refractivity (Wildman–Crippen MR) is 249 cm³/mol. The zero-order valence-corrected chi connectivity index (χ0v) is 35.2. The van der Waals surface area contributed by atoms with Gasteiger partial charge in [-0.05, 0) is 122 Å². The van der Waals surface area contributed by atoms with Crippen LogP contribution in [0, 0.1) is 6.92 Å². The van der Waals surface area contributed by atoms with Crippen LogP contribution in [-0.2, 0) is 14.1 Å². The Morgan fingerprint density at radius 3 is 2.19 bits per heavy atom. The quantitative estimate of drug-likeness (QED) is 0.136. The average Bonchev–Trinajstić information content (AvgIpc) is 4.03. The fourth-order valence-corrected chi connectivity index (χ4v) is 8.47. The molecule has 308 valence electrons. The van der Waals surface area contributed by atoms with E-state index in [9.17, 15) is 0 Å². The molecule has 62 heavy (non-hydrogen) atoms. The average molecular weight is 818 g/mol. The third kappa shape index (κ3) is 7.83. The molecule has 0 aliphatic carbocycles. The Bertz CT molecular complexity index is 3210. The zero-order valence-electron chi connectivity index (χ0n) is 35.2. The minimum atomic E-state index is 0.0275. The van der Waals surface area contributed by atoms with Gasteiger partial charge in [0, 0.05) is 114 Å². The summed E-state index contributed by atoms with van der Waals surface area (Å²) < 4.78 is 9.60. The van der Waals surface area contributed by atoms with Crippen LogP contribution in [0.15, 0.2) is 139 Å². The lowest BCUT2D eigenvalue weighted by atomic mass is 10.00. The summed E-state index contributed by atoms with van der Waals surface area (Å²) in [6, 6.07) is 26.2. The lowest BCUT2D eigenvalue weighted by Gasteiger charge is -2.25. The number of fused-ring (bicyclic) bond motifs is 4. The van der Waals surface area contributed by atoms with Crippen LogP contribution in [0.4, 0.5) is 11.4 Å². The van der Waals surface area contributed by atoms with Gasteiger partial charge in [0.25, 0.3) is 0 Å². The van der Waals surface area contributed by atoms with E-state index in [2.05, 4.69) is 138 Å². The van der Waals surface area contributed by atoms with E-state index in [0.29, 0.717) is 6.04 Å². The van der Waals surface area contributed by atoms with Crippen LogP contribution in [-0.4, -0.2) is 58.4 Å². The number of piperidine rings is 1. The second-order valence-corrected chi connectivity index (χ2v) is 16.2. The molecule has 0 bridgehead atoms. The second kappa shape index (κ2) is 16.5. The summed E-state index contributed by atoms with van der Waals surface area (Å²) in [6.07, 6.45) is 20.8. The summed E-state index contributed by atoms with van der Waals surface area (Å²) >= 11 is 0. The van der Waals surface area contributed by atoms with Crippen molar-refractivity contribution in [3.63, 3.8) is 0 Å². The van der Waals surface area contributed by atoms with E-state index in [4.69, 9.17) is 4.42 Å². The van der Waals surface area contributed by atoms with Gasteiger partial charge in [-0.25, -0.2) is 0 Å². The van der Waals surface area contributed by atoms with Gasteiger partial charge in [0.2, 0.25) is 0 Å². The normalized spacial score (nSPS) is 13.7. The van der Waals surface area contributed by atoms with E-state index in [1.807, 2.05) is 44.0 Å². The summed E-state index contributed by atoms with van der Waals surface area (Å²) in [5.74, 6) is 0. The second-order valence-electron chi connectivity index (χ2n) is 16.2. The number of rotatable bonds is 8. The molecule has 1 saturated heterocycles. The largest absolute Gasteiger partial charge is 0.464 e. The van der Waals surface area contributed by atoms with Crippen molar-refractivity contribution in [2.75, 3.05) is 23.7 Å². The summed E-state index contributed by atoms with van der Waals surface area (Å²) in [5, 5.41) is 17.4. The highest BCUT2D eigenvalue weighted by atomic mass is 16.3. The van der Waals surface area contributed by atoms with Gasteiger partial charge in [0.05, 0.1) is 40.6 Å². The van der Waals surface area contributed by atoms with E-state index in [1.54, 1.807) is 35.7 Å². The van der Waals surface area contributed by atoms with Crippen molar-refractivity contribution in [1.82, 2.24) is 44.6 Å². The van der Waals surface area contributed by atoms with Crippen molar-refractivity contribution in [3.05, 3.63) is 146 Å². The minimum absolute atomic E-state index is 0.0275. The van der Waals surface area contributed by atoms with E-state index in [1.165, 1.54) is 16.5 Å². The minimum Gasteiger partial charge on any atom is -0.464 e. The van der Waals surface area contributed by atoms with Gasteiger partial charge in [-0.2, -0.15) is 5.10 Å². The molecule has 12 nitrogen and oxygen atoms in total. The Morgan fingerprint density at radius 2 is 1.44 bits per heavy atom. The SMILES string of the molecule is Cc1coc2ccc(-c3cc(NC(C)c4cncc(-c5cnn(C)c5)c4)cc4nccnc34)cc12.Cn1ccc2ccc(-c3cc(NC4CCNCC4)cc4nccnc34)cc21. The van der Waals surface area contributed by atoms with Gasteiger partial charge < -0.3 is 24.9 Å². The number of nitrogens with zero attached hydrogens (tertiary/aromatic N) is 8. The van der Waals surface area contributed by atoms with Crippen molar-refractivity contribution in [2.45, 2.75) is 38.8 Å². The number of anilines is 2. The molecule has 1 aliphatic heterocycles. The maximum Gasteiger partial charge on any atom is 0.134 e. The lowest BCUT2D eigenvalue weighted by Crippen LogP contribution is -2.35. The third-order valence-corrected chi connectivity index (χ3v) is 11.8. The Morgan fingerprint density at radius 1 is 0.726 bits per heavy atom. The van der Waals surface area contributed by atoms with Crippen LogP contribution in [0.2, 0.25) is 0 Å². The van der Waals surface area contributed by atoms with Gasteiger partial charge in [-0.1, -0.05) is 18.2 Å². The number of furan rings is 1. The summed E-state index contributed by atoms with van der Waals surface area (Å²) in [6.45, 7) is 6.33. The Hall–Kier alpha value is -7.44. The van der Waals surface area contributed by atoms with E-state index in [0.717, 1.165) is 109 Å². The van der Waals surface area contributed by atoms with Gasteiger partial charge in [0.15, 0.2) is 0 Å². The molecule has 0 amide bonds. The molecule has 0 saturated carbocycles. The molecule has 1 aliphatic rings. The van der Waals surface area contributed by atoms with Crippen molar-refractivity contribution in [1.29, 1.82) is 0 Å². The van der Waals surface area contributed by atoms with Gasteiger partial charge in [-0.3, -0.25) is 29.6 Å². The first kappa shape index (κ1) is 38.7. The number of pyridine rings is 1. The van der Waals surface area contributed by atoms with Gasteiger partial charge >= 0.3 is 0 Å². The first-order chi connectivity index (χ1) is 30.3. The van der Waals surface area contributed by atoms with Gasteiger partial charge in [0.1, 0.15) is 5.58 Å². The van der Waals surface area contributed by atoms with Crippen molar-refractivity contribution < 1.29 is 4.42 Å². The molecule has 12 heteroatoms. The van der Waals surface area contributed by atoms with Crippen molar-refractivity contribution in [3.8, 4) is 33.4 Å². The van der Waals surface area contributed by atoms with Crippen LogP contribution >= 0.6 is 0 Å². The maximum absolute atomic E-state index is 5.64. The Kier molecular flexibility index (Phi) is 10.3. The zero-order chi connectivity index (χ0) is 42.2. The highest BCUT2D eigenvalue weighted by molar-refractivity contribution is 5.98. The molecule has 10 aromatic rings. The summed E-state index contributed by atoms with van der Waals surface area (Å²) in [5.41, 5.74) is 16.4. The van der Waals surface area contributed by atoms with Crippen LogP contribution < -0.4 is 16.0 Å². The molecule has 4 aromatic carbocycles. The number of aryl methyl sites for hydroxylation is 3.